The number of methoxy groups -OCH3 is 1. The van der Waals surface area contributed by atoms with E-state index in [1.54, 1.807) is 13.3 Å². The fourth-order valence-corrected chi connectivity index (χ4v) is 3.24. The molecule has 6 nitrogen and oxygen atoms in total. The lowest BCUT2D eigenvalue weighted by atomic mass is 9.74. The van der Waals surface area contributed by atoms with Crippen LogP contribution in [0, 0.1) is 5.92 Å². The Hall–Kier alpha value is -0.980. The summed E-state index contributed by atoms with van der Waals surface area (Å²) in [6, 6.07) is -0.0680. The van der Waals surface area contributed by atoms with E-state index in [4.69, 9.17) is 10.6 Å². The van der Waals surface area contributed by atoms with Crippen molar-refractivity contribution >= 4 is 0 Å². The van der Waals surface area contributed by atoms with E-state index < -0.39 is 0 Å². The second-order valence-electron chi connectivity index (χ2n) is 5.93. The van der Waals surface area contributed by atoms with Crippen LogP contribution in [0.1, 0.15) is 57.7 Å². The summed E-state index contributed by atoms with van der Waals surface area (Å²) < 4.78 is 7.86. The van der Waals surface area contributed by atoms with Gasteiger partial charge in [-0.05, 0) is 38.0 Å². The lowest BCUT2D eigenvalue weighted by molar-refractivity contribution is -0.0780. The fraction of sp³-hybridized carbons (Fsp3) is 0.857. The molecular formula is C14H27N5O. The van der Waals surface area contributed by atoms with Gasteiger partial charge in [0.1, 0.15) is 0 Å². The van der Waals surface area contributed by atoms with Gasteiger partial charge in [0.25, 0.3) is 0 Å². The molecule has 0 radical (unpaired) electrons. The van der Waals surface area contributed by atoms with Crippen LogP contribution in [-0.2, 0) is 11.3 Å². The Morgan fingerprint density at radius 2 is 2.25 bits per heavy atom. The van der Waals surface area contributed by atoms with Crippen LogP contribution < -0.4 is 11.3 Å². The number of nitrogens with zero attached hydrogens (tertiary/aromatic N) is 3. The van der Waals surface area contributed by atoms with Crippen molar-refractivity contribution in [2.75, 3.05) is 7.11 Å². The summed E-state index contributed by atoms with van der Waals surface area (Å²) in [5, 5.41) is 8.21. The van der Waals surface area contributed by atoms with Gasteiger partial charge in [0, 0.05) is 13.7 Å². The first-order valence-corrected chi connectivity index (χ1v) is 7.56. The highest BCUT2D eigenvalue weighted by Crippen LogP contribution is 2.42. The molecule has 3 N–H and O–H groups in total. The van der Waals surface area contributed by atoms with E-state index in [0.29, 0.717) is 0 Å². The molecule has 1 saturated carbocycles. The molecule has 6 heteroatoms. The van der Waals surface area contributed by atoms with Crippen LogP contribution in [0.2, 0.25) is 0 Å². The molecular weight excluding hydrogens is 254 g/mol. The first-order chi connectivity index (χ1) is 9.66. The molecule has 1 heterocycles. The van der Waals surface area contributed by atoms with Crippen LogP contribution in [0.5, 0.6) is 0 Å². The average Bonchev–Trinajstić information content (AvgIpc) is 2.91. The topological polar surface area (TPSA) is 78.0 Å². The van der Waals surface area contributed by atoms with Crippen LogP contribution >= 0.6 is 0 Å². The zero-order valence-corrected chi connectivity index (χ0v) is 12.8. The number of rotatable bonds is 6. The summed E-state index contributed by atoms with van der Waals surface area (Å²) >= 11 is 0. The number of ether oxygens (including phenoxy) is 1. The number of hydrazine groups is 1. The fourth-order valence-electron chi connectivity index (χ4n) is 3.24. The first-order valence-electron chi connectivity index (χ1n) is 7.56. The molecule has 1 unspecified atom stereocenters. The minimum absolute atomic E-state index is 0.0680. The van der Waals surface area contributed by atoms with E-state index >= 15 is 0 Å². The Morgan fingerprint density at radius 1 is 1.55 bits per heavy atom. The van der Waals surface area contributed by atoms with Crippen LogP contribution in [0.4, 0.5) is 0 Å². The third kappa shape index (κ3) is 2.87. The van der Waals surface area contributed by atoms with Gasteiger partial charge >= 0.3 is 0 Å². The minimum Gasteiger partial charge on any atom is -0.376 e. The van der Waals surface area contributed by atoms with Crippen LogP contribution in [0.3, 0.4) is 0 Å². The predicted octanol–water partition coefficient (Wildman–Crippen LogP) is 1.79. The molecule has 1 aliphatic rings. The minimum atomic E-state index is -0.255. The van der Waals surface area contributed by atoms with Crippen LogP contribution in [0.15, 0.2) is 6.20 Å². The first kappa shape index (κ1) is 15.4. The quantitative estimate of drug-likeness (QED) is 0.614. The van der Waals surface area contributed by atoms with Crippen molar-refractivity contribution in [2.45, 2.75) is 64.1 Å². The van der Waals surface area contributed by atoms with Crippen molar-refractivity contribution in [3.63, 3.8) is 0 Å². The zero-order valence-electron chi connectivity index (χ0n) is 12.8. The monoisotopic (exact) mass is 281 g/mol. The van der Waals surface area contributed by atoms with Gasteiger partial charge in [-0.25, -0.2) is 10.1 Å². The molecule has 0 spiro atoms. The smallest absolute Gasteiger partial charge is 0.0934 e. The summed E-state index contributed by atoms with van der Waals surface area (Å²) in [4.78, 5) is 0. The van der Waals surface area contributed by atoms with Crippen molar-refractivity contribution < 1.29 is 4.74 Å². The van der Waals surface area contributed by atoms with Crippen LogP contribution in [-0.4, -0.2) is 27.7 Å². The summed E-state index contributed by atoms with van der Waals surface area (Å²) in [5.41, 5.74) is 3.72. The van der Waals surface area contributed by atoms with Crippen molar-refractivity contribution in [3.8, 4) is 0 Å². The molecule has 1 aromatic heterocycles. The van der Waals surface area contributed by atoms with Gasteiger partial charge in [-0.15, -0.1) is 5.10 Å². The Kier molecular flexibility index (Phi) is 5.12. The maximum Gasteiger partial charge on any atom is 0.0934 e. The van der Waals surface area contributed by atoms with E-state index in [-0.39, 0.29) is 11.6 Å². The standard InChI is InChI=1S/C14H27N5O/c1-4-9-19-12(10-16-18-19)13(17-15)14(20-3)7-5-11(2)6-8-14/h10-11,13,17H,4-9,15H2,1-3H3. The second kappa shape index (κ2) is 6.65. The number of aryl methyl sites for hydroxylation is 1. The Bertz CT molecular complexity index is 411. The van der Waals surface area contributed by atoms with E-state index in [1.807, 2.05) is 4.68 Å². The highest BCUT2D eigenvalue weighted by molar-refractivity contribution is 5.11. The van der Waals surface area contributed by atoms with E-state index in [1.165, 1.54) is 12.8 Å². The number of hydrogen-bond donors (Lipinski definition) is 2. The molecule has 0 bridgehead atoms. The summed E-state index contributed by atoms with van der Waals surface area (Å²) in [7, 11) is 1.79. The average molecular weight is 281 g/mol. The maximum atomic E-state index is 5.93. The molecule has 0 aliphatic heterocycles. The van der Waals surface area contributed by atoms with Gasteiger partial charge in [0.15, 0.2) is 0 Å². The van der Waals surface area contributed by atoms with Crippen molar-refractivity contribution in [1.29, 1.82) is 0 Å². The van der Waals surface area contributed by atoms with Gasteiger partial charge in [0.05, 0.1) is 23.5 Å². The van der Waals surface area contributed by atoms with Crippen molar-refractivity contribution in [1.82, 2.24) is 20.4 Å². The van der Waals surface area contributed by atoms with Crippen molar-refractivity contribution in [3.05, 3.63) is 11.9 Å². The third-order valence-corrected chi connectivity index (χ3v) is 4.60. The molecule has 0 amide bonds. The molecule has 1 atom stereocenters. The van der Waals surface area contributed by atoms with Crippen LogP contribution in [0.25, 0.3) is 0 Å². The molecule has 2 rings (SSSR count). The largest absolute Gasteiger partial charge is 0.376 e. The molecule has 0 saturated heterocycles. The van der Waals surface area contributed by atoms with Gasteiger partial charge in [-0.2, -0.15) is 0 Å². The highest BCUT2D eigenvalue weighted by Gasteiger charge is 2.43. The normalized spacial score (nSPS) is 28.5. The zero-order chi connectivity index (χ0) is 14.6. The number of aromatic nitrogens is 3. The lowest BCUT2D eigenvalue weighted by Gasteiger charge is -2.43. The Balaban J connectivity index is 2.27. The molecule has 20 heavy (non-hydrogen) atoms. The summed E-state index contributed by atoms with van der Waals surface area (Å²) in [6.45, 7) is 5.28. The van der Waals surface area contributed by atoms with E-state index in [0.717, 1.165) is 37.4 Å². The van der Waals surface area contributed by atoms with E-state index in [2.05, 4.69) is 29.6 Å². The van der Waals surface area contributed by atoms with E-state index in [9.17, 15) is 0 Å². The van der Waals surface area contributed by atoms with Gasteiger partial charge in [-0.1, -0.05) is 19.1 Å². The molecule has 1 fully saturated rings. The number of hydrogen-bond acceptors (Lipinski definition) is 5. The van der Waals surface area contributed by atoms with Gasteiger partial charge in [-0.3, -0.25) is 5.84 Å². The SMILES string of the molecule is CCCn1nncc1C(NN)C1(OC)CCC(C)CC1. The van der Waals surface area contributed by atoms with Gasteiger partial charge < -0.3 is 4.74 Å². The lowest BCUT2D eigenvalue weighted by Crippen LogP contribution is -2.50. The van der Waals surface area contributed by atoms with Gasteiger partial charge in [0.2, 0.25) is 0 Å². The molecule has 0 aromatic carbocycles. The molecule has 1 aliphatic carbocycles. The number of nitrogens with two attached hydrogens (primary N) is 1. The molecule has 114 valence electrons. The Labute approximate surface area is 121 Å². The second-order valence-corrected chi connectivity index (χ2v) is 5.93. The molecule has 1 aromatic rings. The van der Waals surface area contributed by atoms with Crippen molar-refractivity contribution in [2.24, 2.45) is 11.8 Å². The summed E-state index contributed by atoms with van der Waals surface area (Å²) in [5.74, 6) is 6.62. The Morgan fingerprint density at radius 3 is 2.80 bits per heavy atom. The highest BCUT2D eigenvalue weighted by atomic mass is 16.5. The number of nitrogens with one attached hydrogen (secondary N) is 1. The maximum absolute atomic E-state index is 5.93. The third-order valence-electron chi connectivity index (χ3n) is 4.60. The predicted molar refractivity (Wildman–Crippen MR) is 77.7 cm³/mol. The summed E-state index contributed by atoms with van der Waals surface area (Å²) in [6.07, 6.45) is 7.18.